The van der Waals surface area contributed by atoms with E-state index in [4.69, 9.17) is 0 Å². The molecule has 216 valence electrons. The fraction of sp³-hybridized carbons (Fsp3) is 0.964. The highest BCUT2D eigenvalue weighted by molar-refractivity contribution is 7.86. The summed E-state index contributed by atoms with van der Waals surface area (Å²) < 4.78 is 35.7. The van der Waals surface area contributed by atoms with Crippen molar-refractivity contribution in [2.45, 2.75) is 172 Å². The van der Waals surface area contributed by atoms with Crippen LogP contribution in [0.2, 0.25) is 40.9 Å². The molecule has 0 heterocycles. The quantitative estimate of drug-likeness (QED) is 0.0952. The van der Waals surface area contributed by atoms with Crippen LogP contribution in [0.3, 0.4) is 0 Å². The van der Waals surface area contributed by atoms with Crippen LogP contribution in [-0.4, -0.2) is 45.4 Å². The summed E-state index contributed by atoms with van der Waals surface area (Å²) >= 11 is 0. The van der Waals surface area contributed by atoms with Gasteiger partial charge in [-0.25, -0.2) is 0 Å². The van der Waals surface area contributed by atoms with Gasteiger partial charge in [-0.1, -0.05) is 155 Å². The van der Waals surface area contributed by atoms with Gasteiger partial charge in [0.25, 0.3) is 10.1 Å². The Hall–Kier alpha value is -0.186. The van der Waals surface area contributed by atoms with Gasteiger partial charge in [0.2, 0.25) is 0 Å². The van der Waals surface area contributed by atoms with Gasteiger partial charge in [0.1, 0.15) is 0 Å². The zero-order valence-corrected chi connectivity index (χ0v) is 27.6. The topological polar surface area (TPSA) is 91.7 Å². The molecule has 0 aliphatic carbocycles. The molecular weight excluding hydrogens is 505 g/mol. The molecule has 0 saturated heterocycles. The van der Waals surface area contributed by atoms with Crippen LogP contribution >= 0.6 is 0 Å². The first kappa shape index (κ1) is 35.8. The molecule has 0 aromatic rings. The predicted octanol–water partition coefficient (Wildman–Crippen LogP) is 9.33. The number of hydrogen-bond acceptors (Lipinski definition) is 3. The van der Waals surface area contributed by atoms with Crippen molar-refractivity contribution < 1.29 is 22.9 Å². The van der Waals surface area contributed by atoms with Gasteiger partial charge in [-0.15, -0.1) is 0 Å². The zero-order chi connectivity index (χ0) is 27.9. The van der Waals surface area contributed by atoms with Gasteiger partial charge >= 0.3 is 5.97 Å². The average Bonchev–Trinajstić information content (AvgIpc) is 2.84. The van der Waals surface area contributed by atoms with Gasteiger partial charge < -0.3 is 5.11 Å². The van der Waals surface area contributed by atoms with Gasteiger partial charge in [-0.3, -0.25) is 9.35 Å². The Balaban J connectivity index is 7.94. The molecule has 0 aromatic carbocycles. The standard InChI is InChI=1S/C28H60O5SSi2/c1-8-14-20-35(21-15-9-2,22-16-10-3)28(27(29)30,26(7)34(31,32)33)36(23-17-11-4,24-18-12-5)25-19-13-6/h26H,8-25H2,1-7H3,(H,29,30)(H,31,32,33). The molecule has 0 amide bonds. The minimum Gasteiger partial charge on any atom is -0.481 e. The van der Waals surface area contributed by atoms with Gasteiger partial charge in [0, 0.05) is 0 Å². The summed E-state index contributed by atoms with van der Waals surface area (Å²) in [4.78, 5) is 14.1. The van der Waals surface area contributed by atoms with Crippen LogP contribution in [0.25, 0.3) is 0 Å². The van der Waals surface area contributed by atoms with E-state index in [2.05, 4.69) is 41.5 Å². The first-order valence-corrected chi connectivity index (χ1v) is 21.9. The van der Waals surface area contributed by atoms with Crippen LogP contribution in [-0.2, 0) is 14.9 Å². The normalized spacial score (nSPS) is 14.2. The predicted molar refractivity (Wildman–Crippen MR) is 161 cm³/mol. The van der Waals surface area contributed by atoms with Crippen LogP contribution in [0.15, 0.2) is 0 Å². The van der Waals surface area contributed by atoms with Gasteiger partial charge in [-0.05, 0) is 6.92 Å². The highest BCUT2D eigenvalue weighted by Gasteiger charge is 2.71. The second-order valence-electron chi connectivity index (χ2n) is 11.5. The largest absolute Gasteiger partial charge is 0.481 e. The smallest absolute Gasteiger partial charge is 0.305 e. The lowest BCUT2D eigenvalue weighted by molar-refractivity contribution is -0.138. The molecule has 0 aliphatic heterocycles. The number of unbranched alkanes of at least 4 members (excludes halogenated alkanes) is 6. The third kappa shape index (κ3) is 8.41. The summed E-state index contributed by atoms with van der Waals surface area (Å²) in [6.45, 7) is 14.5. The lowest BCUT2D eigenvalue weighted by Gasteiger charge is -2.59. The molecule has 0 bridgehead atoms. The Morgan fingerprint density at radius 2 is 0.861 bits per heavy atom. The van der Waals surface area contributed by atoms with E-state index < -0.39 is 42.1 Å². The Kier molecular flexibility index (Phi) is 17.3. The summed E-state index contributed by atoms with van der Waals surface area (Å²) in [7, 11) is -10.0. The first-order valence-electron chi connectivity index (χ1n) is 15.2. The van der Waals surface area contributed by atoms with Crippen LogP contribution in [0.4, 0.5) is 0 Å². The monoisotopic (exact) mass is 564 g/mol. The van der Waals surface area contributed by atoms with E-state index >= 15 is 0 Å². The van der Waals surface area contributed by atoms with Crippen LogP contribution in [0.5, 0.6) is 0 Å². The van der Waals surface area contributed by atoms with Crippen molar-refractivity contribution in [1.82, 2.24) is 0 Å². The highest BCUT2D eigenvalue weighted by atomic mass is 32.2. The lowest BCUT2D eigenvalue weighted by Crippen LogP contribution is -2.71. The SMILES string of the molecule is CCCC[Si](CCCC)(CCCC)C(C(=O)O)(C(C)S(=O)(=O)O)[Si](CCCC)(CCCC)CCCC. The maximum Gasteiger partial charge on any atom is 0.305 e. The van der Waals surface area contributed by atoms with E-state index in [0.29, 0.717) is 0 Å². The summed E-state index contributed by atoms with van der Waals surface area (Å²) in [5.74, 6) is -0.877. The van der Waals surface area contributed by atoms with E-state index in [1.165, 1.54) is 0 Å². The fourth-order valence-corrected chi connectivity index (χ4v) is 29.7. The molecule has 0 rings (SSSR count). The fourth-order valence-electron chi connectivity index (χ4n) is 7.30. The number of carbonyl (C=O) groups is 1. The molecule has 2 N–H and O–H groups in total. The molecular formula is C28H60O5SSi2. The lowest BCUT2D eigenvalue weighted by atomic mass is 10.3. The second kappa shape index (κ2) is 17.4. The Labute approximate surface area is 226 Å². The van der Waals surface area contributed by atoms with Gasteiger partial charge in [-0.2, -0.15) is 8.42 Å². The Morgan fingerprint density at radius 1 is 0.639 bits per heavy atom. The van der Waals surface area contributed by atoms with Crippen molar-refractivity contribution in [1.29, 1.82) is 0 Å². The number of carboxylic acids is 1. The molecule has 8 heteroatoms. The maximum absolute atomic E-state index is 14.1. The van der Waals surface area contributed by atoms with Crippen molar-refractivity contribution in [2.24, 2.45) is 0 Å². The minimum atomic E-state index is -4.53. The molecule has 0 radical (unpaired) electrons. The number of carboxylic acid groups (broad SMARTS) is 1. The van der Waals surface area contributed by atoms with Crippen LogP contribution in [0, 0.1) is 0 Å². The zero-order valence-electron chi connectivity index (χ0n) is 24.8. The molecule has 1 unspecified atom stereocenters. The van der Waals surface area contributed by atoms with E-state index in [1.807, 2.05) is 0 Å². The number of aliphatic carboxylic acids is 1. The van der Waals surface area contributed by atoms with Crippen molar-refractivity contribution in [3.8, 4) is 0 Å². The third-order valence-corrected chi connectivity index (χ3v) is 26.5. The molecule has 5 nitrogen and oxygen atoms in total. The molecule has 0 saturated carbocycles. The van der Waals surface area contributed by atoms with Crippen LogP contribution in [0.1, 0.15) is 126 Å². The molecule has 0 spiro atoms. The van der Waals surface area contributed by atoms with Crippen molar-refractivity contribution in [3.05, 3.63) is 0 Å². The first-order chi connectivity index (χ1) is 17.0. The maximum atomic E-state index is 14.1. The van der Waals surface area contributed by atoms with E-state index in [-0.39, 0.29) is 0 Å². The molecule has 36 heavy (non-hydrogen) atoms. The van der Waals surface area contributed by atoms with Crippen LogP contribution < -0.4 is 0 Å². The minimum absolute atomic E-state index is 0.870. The molecule has 1 atom stereocenters. The highest BCUT2D eigenvalue weighted by Crippen LogP contribution is 2.62. The van der Waals surface area contributed by atoms with E-state index in [9.17, 15) is 22.9 Å². The van der Waals surface area contributed by atoms with E-state index in [1.54, 1.807) is 6.92 Å². The Morgan fingerprint density at radius 3 is 1.00 bits per heavy atom. The number of hydrogen-bond donors (Lipinski definition) is 2. The molecule has 0 aromatic heterocycles. The van der Waals surface area contributed by atoms with Gasteiger partial charge in [0.05, 0.1) is 26.1 Å². The average molecular weight is 565 g/mol. The summed E-state index contributed by atoms with van der Waals surface area (Å²) in [5.41, 5.74) is 0. The van der Waals surface area contributed by atoms with Crippen molar-refractivity contribution in [3.63, 3.8) is 0 Å². The second-order valence-corrected chi connectivity index (χ2v) is 23.4. The molecule has 0 fully saturated rings. The third-order valence-electron chi connectivity index (χ3n) is 9.12. The summed E-state index contributed by atoms with van der Waals surface area (Å²) in [6, 6.07) is 5.22. The van der Waals surface area contributed by atoms with E-state index in [0.717, 1.165) is 113 Å². The summed E-state index contributed by atoms with van der Waals surface area (Å²) in [5, 5.41) is 10.3. The van der Waals surface area contributed by atoms with Crippen molar-refractivity contribution in [2.75, 3.05) is 0 Å². The van der Waals surface area contributed by atoms with Gasteiger partial charge in [0.15, 0.2) is 0 Å². The summed E-state index contributed by atoms with van der Waals surface area (Å²) in [6.07, 6.45) is 11.6. The Bertz CT molecular complexity index is 635. The number of rotatable bonds is 23. The van der Waals surface area contributed by atoms with Crippen molar-refractivity contribution >= 4 is 32.2 Å². The molecule has 0 aliphatic rings.